The fourth-order valence-electron chi connectivity index (χ4n) is 1.73. The fourth-order valence-corrected chi connectivity index (χ4v) is 1.73. The van der Waals surface area contributed by atoms with Crippen LogP contribution in [0.1, 0.15) is 35.9 Å². The van der Waals surface area contributed by atoms with Crippen molar-refractivity contribution in [2.24, 2.45) is 5.73 Å². The van der Waals surface area contributed by atoms with Crippen LogP contribution in [0.3, 0.4) is 0 Å². The second kappa shape index (κ2) is 4.80. The van der Waals surface area contributed by atoms with Gasteiger partial charge in [-0.1, -0.05) is 0 Å². The summed E-state index contributed by atoms with van der Waals surface area (Å²) in [6.45, 7) is 2.01. The summed E-state index contributed by atoms with van der Waals surface area (Å²) in [6, 6.07) is 0.611. The number of nitrogens with two attached hydrogens (primary N) is 1. The molecule has 3 nitrogen and oxygen atoms in total. The molecule has 0 aliphatic carbocycles. The van der Waals surface area contributed by atoms with Gasteiger partial charge >= 0.3 is 6.18 Å². The zero-order valence-corrected chi connectivity index (χ0v) is 9.81. The molecule has 1 aliphatic heterocycles. The molecule has 0 bridgehead atoms. The maximum atomic E-state index is 12.4. The number of halogens is 4. The first kappa shape index (κ1) is 14.2. The van der Waals surface area contributed by atoms with E-state index in [0.29, 0.717) is 17.7 Å². The Hall–Kier alpha value is -0.850. The number of fused-ring (bicyclic) bond motifs is 1. The van der Waals surface area contributed by atoms with Gasteiger partial charge in [-0.25, -0.2) is 0 Å². The molecular formula is C10H12ClF3N2O. The number of ether oxygens (including phenoxy) is 1. The third-order valence-electron chi connectivity index (χ3n) is 2.62. The van der Waals surface area contributed by atoms with E-state index in [0.717, 1.165) is 6.07 Å². The number of pyridine rings is 1. The quantitative estimate of drug-likeness (QED) is 0.787. The predicted octanol–water partition coefficient (Wildman–Crippen LogP) is 2.61. The molecule has 2 unspecified atom stereocenters. The van der Waals surface area contributed by atoms with Gasteiger partial charge in [-0.05, 0) is 24.1 Å². The van der Waals surface area contributed by atoms with Gasteiger partial charge in [0.25, 0.3) is 0 Å². The highest BCUT2D eigenvalue weighted by Gasteiger charge is 2.34. The first-order chi connectivity index (χ1) is 7.39. The summed E-state index contributed by atoms with van der Waals surface area (Å²) in [5.74, 6) is 0. The van der Waals surface area contributed by atoms with E-state index >= 15 is 0 Å². The smallest absolute Gasteiger partial charge is 0.372 e. The third-order valence-corrected chi connectivity index (χ3v) is 2.62. The van der Waals surface area contributed by atoms with E-state index in [1.165, 1.54) is 6.20 Å². The highest BCUT2D eigenvalue weighted by atomic mass is 35.5. The molecule has 17 heavy (non-hydrogen) atoms. The molecular weight excluding hydrogens is 257 g/mol. The molecule has 0 aromatic carbocycles. The molecule has 1 aromatic rings. The molecule has 0 saturated heterocycles. The monoisotopic (exact) mass is 268 g/mol. The first-order valence-electron chi connectivity index (χ1n) is 4.84. The summed E-state index contributed by atoms with van der Waals surface area (Å²) in [7, 11) is 0. The van der Waals surface area contributed by atoms with Gasteiger partial charge in [0.2, 0.25) is 0 Å². The van der Waals surface area contributed by atoms with Crippen molar-refractivity contribution in [3.05, 3.63) is 29.1 Å². The summed E-state index contributed by atoms with van der Waals surface area (Å²) in [4.78, 5) is 3.39. The van der Waals surface area contributed by atoms with Crippen LogP contribution in [0.5, 0.6) is 0 Å². The van der Waals surface area contributed by atoms with E-state index in [-0.39, 0.29) is 18.5 Å². The van der Waals surface area contributed by atoms with Gasteiger partial charge in [-0.2, -0.15) is 13.2 Å². The lowest BCUT2D eigenvalue weighted by atomic mass is 9.96. The number of hydrogen-bond donors (Lipinski definition) is 1. The van der Waals surface area contributed by atoms with Crippen LogP contribution in [0.4, 0.5) is 13.2 Å². The minimum Gasteiger partial charge on any atom is -0.372 e. The molecule has 0 fully saturated rings. The van der Waals surface area contributed by atoms with Gasteiger partial charge in [0, 0.05) is 6.20 Å². The van der Waals surface area contributed by atoms with E-state index in [1.807, 2.05) is 0 Å². The Balaban J connectivity index is 0.00000144. The number of nitrogens with zero attached hydrogens (tertiary/aromatic N) is 1. The second-order valence-corrected chi connectivity index (χ2v) is 3.78. The lowest BCUT2D eigenvalue weighted by Crippen LogP contribution is -2.26. The van der Waals surface area contributed by atoms with Gasteiger partial charge in [-0.3, -0.25) is 4.98 Å². The lowest BCUT2D eigenvalue weighted by Gasteiger charge is -2.28. The van der Waals surface area contributed by atoms with Crippen molar-refractivity contribution in [3.8, 4) is 0 Å². The Kier molecular flexibility index (Phi) is 4.01. The largest absolute Gasteiger partial charge is 0.433 e. The maximum absolute atomic E-state index is 12.4. The second-order valence-electron chi connectivity index (χ2n) is 3.78. The molecule has 1 aliphatic rings. The van der Waals surface area contributed by atoms with Crippen LogP contribution in [0, 0.1) is 0 Å². The van der Waals surface area contributed by atoms with E-state index in [1.54, 1.807) is 6.92 Å². The van der Waals surface area contributed by atoms with Gasteiger partial charge in [0.1, 0.15) is 5.69 Å². The lowest BCUT2D eigenvalue weighted by molar-refractivity contribution is -0.141. The Labute approximate surface area is 103 Å². The van der Waals surface area contributed by atoms with Gasteiger partial charge in [0.15, 0.2) is 0 Å². The molecule has 0 radical (unpaired) electrons. The van der Waals surface area contributed by atoms with Crippen molar-refractivity contribution in [3.63, 3.8) is 0 Å². The predicted molar refractivity (Wildman–Crippen MR) is 57.8 cm³/mol. The molecule has 2 atom stereocenters. The Morgan fingerprint density at radius 3 is 2.65 bits per heavy atom. The van der Waals surface area contributed by atoms with Crippen molar-refractivity contribution in [2.75, 3.05) is 6.61 Å². The zero-order chi connectivity index (χ0) is 11.9. The van der Waals surface area contributed by atoms with Crippen LogP contribution < -0.4 is 5.73 Å². The van der Waals surface area contributed by atoms with E-state index in [2.05, 4.69) is 4.98 Å². The highest BCUT2D eigenvalue weighted by Crippen LogP contribution is 2.35. The molecule has 0 saturated carbocycles. The van der Waals surface area contributed by atoms with E-state index < -0.39 is 17.9 Å². The molecule has 2 heterocycles. The van der Waals surface area contributed by atoms with Crippen molar-refractivity contribution in [2.45, 2.75) is 25.2 Å². The van der Waals surface area contributed by atoms with Crippen LogP contribution in [-0.2, 0) is 10.9 Å². The van der Waals surface area contributed by atoms with Gasteiger partial charge in [-0.15, -0.1) is 12.4 Å². The number of rotatable bonds is 0. The molecule has 0 amide bonds. The minimum absolute atomic E-state index is 0. The van der Waals surface area contributed by atoms with E-state index in [9.17, 15) is 13.2 Å². The standard InChI is InChI=1S/C10H11F3N2O.ClH/c1-5-6-2-9(10(11,12)13)15-3-7(6)8(14)4-16-5;/h2-3,5,8H,4,14H2,1H3;1H. The minimum atomic E-state index is -4.43. The van der Waals surface area contributed by atoms with Crippen molar-refractivity contribution in [1.82, 2.24) is 4.98 Å². The van der Waals surface area contributed by atoms with Crippen LogP contribution in [0.25, 0.3) is 0 Å². The average molecular weight is 269 g/mol. The van der Waals surface area contributed by atoms with Crippen LogP contribution in [0.2, 0.25) is 0 Å². The average Bonchev–Trinajstić information content (AvgIpc) is 2.22. The zero-order valence-electron chi connectivity index (χ0n) is 8.99. The summed E-state index contributed by atoms with van der Waals surface area (Å²) in [5.41, 5.74) is 5.92. The van der Waals surface area contributed by atoms with Gasteiger partial charge < -0.3 is 10.5 Å². The molecule has 1 aromatic heterocycles. The normalized spacial score (nSPS) is 23.8. The topological polar surface area (TPSA) is 48.1 Å². The Bertz CT molecular complexity index is 411. The van der Waals surface area contributed by atoms with Crippen LogP contribution >= 0.6 is 12.4 Å². The number of alkyl halides is 3. The molecule has 2 N–H and O–H groups in total. The summed E-state index contributed by atoms with van der Waals surface area (Å²) >= 11 is 0. The summed E-state index contributed by atoms with van der Waals surface area (Å²) < 4.78 is 42.6. The van der Waals surface area contributed by atoms with Crippen LogP contribution in [-0.4, -0.2) is 11.6 Å². The SMILES string of the molecule is CC1OCC(N)c2cnc(C(F)(F)F)cc21.Cl. The van der Waals surface area contributed by atoms with Crippen LogP contribution in [0.15, 0.2) is 12.3 Å². The summed E-state index contributed by atoms with van der Waals surface area (Å²) in [5, 5.41) is 0. The van der Waals surface area contributed by atoms with E-state index in [4.69, 9.17) is 10.5 Å². The molecule has 96 valence electrons. The molecule has 2 rings (SSSR count). The first-order valence-corrected chi connectivity index (χ1v) is 4.84. The Morgan fingerprint density at radius 2 is 2.06 bits per heavy atom. The van der Waals surface area contributed by atoms with Crippen molar-refractivity contribution >= 4 is 12.4 Å². The molecule has 7 heteroatoms. The Morgan fingerprint density at radius 1 is 1.41 bits per heavy atom. The maximum Gasteiger partial charge on any atom is 0.433 e. The van der Waals surface area contributed by atoms with Crippen molar-refractivity contribution < 1.29 is 17.9 Å². The number of aromatic nitrogens is 1. The van der Waals surface area contributed by atoms with Crippen molar-refractivity contribution in [1.29, 1.82) is 0 Å². The number of hydrogen-bond acceptors (Lipinski definition) is 3. The third kappa shape index (κ3) is 2.70. The fraction of sp³-hybridized carbons (Fsp3) is 0.500. The molecule has 0 spiro atoms. The van der Waals surface area contributed by atoms with Gasteiger partial charge in [0.05, 0.1) is 18.8 Å². The summed E-state index contributed by atoms with van der Waals surface area (Å²) in [6.07, 6.45) is -3.61. The highest BCUT2D eigenvalue weighted by molar-refractivity contribution is 5.85.